The molecule has 2 aromatic carbocycles. The van der Waals surface area contributed by atoms with Crippen molar-refractivity contribution < 1.29 is 18.7 Å². The van der Waals surface area contributed by atoms with Gasteiger partial charge in [-0.25, -0.2) is 4.79 Å². The summed E-state index contributed by atoms with van der Waals surface area (Å²) in [5.41, 5.74) is 3.90. The Bertz CT molecular complexity index is 1230. The lowest BCUT2D eigenvalue weighted by atomic mass is 10.0. The zero-order chi connectivity index (χ0) is 21.4. The van der Waals surface area contributed by atoms with Crippen molar-refractivity contribution in [2.75, 3.05) is 10.6 Å². The zero-order valence-electron chi connectivity index (χ0n) is 17.0. The summed E-state index contributed by atoms with van der Waals surface area (Å²) in [4.78, 5) is 36.0. The van der Waals surface area contributed by atoms with Crippen molar-refractivity contribution in [2.24, 2.45) is 0 Å². The molecule has 0 spiro atoms. The summed E-state index contributed by atoms with van der Waals surface area (Å²) in [5, 5.41) is 6.29. The quantitative estimate of drug-likeness (QED) is 0.632. The Balaban J connectivity index is 1.58. The van der Waals surface area contributed by atoms with Gasteiger partial charge in [-0.2, -0.15) is 0 Å². The smallest absolute Gasteiger partial charge is 0.336 e. The molecule has 2 amide bonds. The van der Waals surface area contributed by atoms with Crippen LogP contribution in [0.4, 0.5) is 11.4 Å². The third-order valence-electron chi connectivity index (χ3n) is 5.09. The third kappa shape index (κ3) is 3.78. The van der Waals surface area contributed by atoms with Crippen LogP contribution in [0.25, 0.3) is 11.0 Å². The number of benzene rings is 2. The minimum absolute atomic E-state index is 0.0603. The van der Waals surface area contributed by atoms with Crippen molar-refractivity contribution in [3.63, 3.8) is 0 Å². The van der Waals surface area contributed by atoms with E-state index in [2.05, 4.69) is 10.6 Å². The van der Waals surface area contributed by atoms with Crippen LogP contribution in [0, 0.1) is 6.92 Å². The lowest BCUT2D eigenvalue weighted by molar-refractivity contribution is -0.122. The fourth-order valence-electron chi connectivity index (χ4n) is 3.64. The molecular weight excluding hydrogens is 384 g/mol. The Morgan fingerprint density at radius 2 is 2.03 bits per heavy atom. The van der Waals surface area contributed by atoms with Gasteiger partial charge in [0.05, 0.1) is 11.8 Å². The van der Waals surface area contributed by atoms with Crippen LogP contribution in [-0.4, -0.2) is 17.9 Å². The molecule has 0 bridgehead atoms. The molecule has 1 unspecified atom stereocenters. The van der Waals surface area contributed by atoms with Gasteiger partial charge >= 0.3 is 5.63 Å². The highest BCUT2D eigenvalue weighted by Gasteiger charge is 2.21. The molecule has 4 rings (SSSR count). The summed E-state index contributed by atoms with van der Waals surface area (Å²) >= 11 is 0. The summed E-state index contributed by atoms with van der Waals surface area (Å²) < 4.78 is 11.3. The molecule has 1 aliphatic rings. The summed E-state index contributed by atoms with van der Waals surface area (Å²) in [6, 6.07) is 10.4. The number of nitrogens with one attached hydrogen (secondary N) is 2. The van der Waals surface area contributed by atoms with Gasteiger partial charge in [-0.05, 0) is 67.3 Å². The molecule has 30 heavy (non-hydrogen) atoms. The Hall–Kier alpha value is -3.61. The number of ether oxygens (including phenoxy) is 1. The predicted molar refractivity (Wildman–Crippen MR) is 114 cm³/mol. The topological polar surface area (TPSA) is 97.6 Å². The average molecular weight is 406 g/mol. The van der Waals surface area contributed by atoms with Crippen molar-refractivity contribution in [2.45, 2.75) is 39.7 Å². The molecule has 1 aliphatic heterocycles. The van der Waals surface area contributed by atoms with E-state index in [1.54, 1.807) is 31.2 Å². The number of rotatable bonds is 5. The summed E-state index contributed by atoms with van der Waals surface area (Å²) in [7, 11) is 0. The van der Waals surface area contributed by atoms with Gasteiger partial charge in [-0.15, -0.1) is 0 Å². The van der Waals surface area contributed by atoms with Crippen LogP contribution in [0.2, 0.25) is 0 Å². The number of hydrogen-bond donors (Lipinski definition) is 2. The highest BCUT2D eigenvalue weighted by atomic mass is 16.5. The maximum absolute atomic E-state index is 12.7. The van der Waals surface area contributed by atoms with Crippen LogP contribution in [0.1, 0.15) is 30.5 Å². The lowest BCUT2D eigenvalue weighted by Crippen LogP contribution is -2.30. The van der Waals surface area contributed by atoms with E-state index in [0.717, 1.165) is 22.4 Å². The number of hydrogen-bond acceptors (Lipinski definition) is 5. The van der Waals surface area contributed by atoms with Gasteiger partial charge in [0.1, 0.15) is 11.3 Å². The first-order valence-electron chi connectivity index (χ1n) is 9.81. The van der Waals surface area contributed by atoms with Crippen LogP contribution in [0.15, 0.2) is 45.6 Å². The van der Waals surface area contributed by atoms with E-state index in [1.165, 1.54) is 6.07 Å². The van der Waals surface area contributed by atoms with Crippen LogP contribution < -0.4 is 21.0 Å². The lowest BCUT2D eigenvalue weighted by Gasteiger charge is -2.18. The highest BCUT2D eigenvalue weighted by Crippen LogP contribution is 2.31. The number of amides is 2. The molecule has 7 heteroatoms. The molecule has 154 valence electrons. The monoisotopic (exact) mass is 406 g/mol. The van der Waals surface area contributed by atoms with E-state index in [-0.39, 0.29) is 11.8 Å². The SMILES string of the molecule is CCc1cc(=O)oc2cc(C)cc(OC(C)C(=O)Nc3ccc4c(c3)CC(=O)N4)c12. The van der Waals surface area contributed by atoms with Crippen LogP contribution in [-0.2, 0) is 22.4 Å². The van der Waals surface area contributed by atoms with Gasteiger partial charge in [0.25, 0.3) is 5.91 Å². The van der Waals surface area contributed by atoms with Gasteiger partial charge in [-0.1, -0.05) is 6.92 Å². The second-order valence-electron chi connectivity index (χ2n) is 7.43. The summed E-state index contributed by atoms with van der Waals surface area (Å²) in [6.45, 7) is 5.48. The minimum Gasteiger partial charge on any atom is -0.480 e. The average Bonchev–Trinajstić information content (AvgIpc) is 3.05. The predicted octanol–water partition coefficient (Wildman–Crippen LogP) is 3.56. The first-order valence-corrected chi connectivity index (χ1v) is 9.81. The fraction of sp³-hybridized carbons (Fsp3) is 0.261. The second kappa shape index (κ2) is 7.67. The van der Waals surface area contributed by atoms with E-state index >= 15 is 0 Å². The number of anilines is 2. The molecule has 7 nitrogen and oxygen atoms in total. The molecule has 2 N–H and O–H groups in total. The second-order valence-corrected chi connectivity index (χ2v) is 7.43. The van der Waals surface area contributed by atoms with Crippen molar-refractivity contribution in [3.8, 4) is 5.75 Å². The molecule has 2 heterocycles. The number of carbonyl (C=O) groups excluding carboxylic acids is 2. The molecule has 0 saturated heterocycles. The van der Waals surface area contributed by atoms with E-state index in [1.807, 2.05) is 19.9 Å². The number of fused-ring (bicyclic) bond motifs is 2. The van der Waals surface area contributed by atoms with Gasteiger partial charge in [-0.3, -0.25) is 9.59 Å². The molecule has 3 aromatic rings. The van der Waals surface area contributed by atoms with Crippen LogP contribution >= 0.6 is 0 Å². The zero-order valence-corrected chi connectivity index (χ0v) is 17.0. The van der Waals surface area contributed by atoms with E-state index in [0.29, 0.717) is 35.2 Å². The van der Waals surface area contributed by atoms with Crippen molar-refractivity contribution in [1.82, 2.24) is 0 Å². The minimum atomic E-state index is -0.792. The van der Waals surface area contributed by atoms with Crippen molar-refractivity contribution in [1.29, 1.82) is 0 Å². The van der Waals surface area contributed by atoms with Crippen LogP contribution in [0.3, 0.4) is 0 Å². The molecule has 0 fully saturated rings. The van der Waals surface area contributed by atoms with Gasteiger partial charge < -0.3 is 19.8 Å². The Kier molecular flexibility index (Phi) is 5.03. The first-order chi connectivity index (χ1) is 14.3. The maximum atomic E-state index is 12.7. The van der Waals surface area contributed by atoms with Crippen molar-refractivity contribution >= 4 is 34.2 Å². The summed E-state index contributed by atoms with van der Waals surface area (Å²) in [6.07, 6.45) is 0.134. The van der Waals surface area contributed by atoms with Gasteiger partial charge in [0.2, 0.25) is 5.91 Å². The fourth-order valence-corrected chi connectivity index (χ4v) is 3.64. The van der Waals surface area contributed by atoms with Gasteiger partial charge in [0.15, 0.2) is 6.10 Å². The normalized spacial score (nSPS) is 13.6. The standard InChI is InChI=1S/C23H22N2O5/c1-4-14-11-21(27)30-19-8-12(2)7-18(22(14)19)29-13(3)23(28)24-16-5-6-17-15(9-16)10-20(26)25-17/h5-9,11,13H,4,10H2,1-3H3,(H,24,28)(H,25,26). The maximum Gasteiger partial charge on any atom is 0.336 e. The van der Waals surface area contributed by atoms with Crippen molar-refractivity contribution in [3.05, 3.63) is 63.5 Å². The molecule has 0 radical (unpaired) electrons. The van der Waals surface area contributed by atoms with E-state index in [9.17, 15) is 14.4 Å². The van der Waals surface area contributed by atoms with E-state index in [4.69, 9.17) is 9.15 Å². The first kappa shape index (κ1) is 19.7. The summed E-state index contributed by atoms with van der Waals surface area (Å²) in [5.74, 6) is 0.115. The van der Waals surface area contributed by atoms with E-state index < -0.39 is 11.7 Å². The van der Waals surface area contributed by atoms with Gasteiger partial charge in [0, 0.05) is 17.4 Å². The third-order valence-corrected chi connectivity index (χ3v) is 5.09. The molecule has 1 aromatic heterocycles. The number of aryl methyl sites for hydroxylation is 2. The molecular formula is C23H22N2O5. The molecule has 1 atom stereocenters. The highest BCUT2D eigenvalue weighted by molar-refractivity contribution is 6.01. The molecule has 0 saturated carbocycles. The van der Waals surface area contributed by atoms with Crippen LogP contribution in [0.5, 0.6) is 5.75 Å². The Morgan fingerprint density at radius 3 is 2.80 bits per heavy atom. The Morgan fingerprint density at radius 1 is 1.23 bits per heavy atom. The molecule has 0 aliphatic carbocycles. The number of carbonyl (C=O) groups is 2. The largest absolute Gasteiger partial charge is 0.480 e. The Labute approximate surface area is 173 Å².